The minimum absolute atomic E-state index is 0.395. The number of halogens is 1. The molecule has 0 bridgehead atoms. The van der Waals surface area contributed by atoms with Gasteiger partial charge >= 0.3 is 0 Å². The summed E-state index contributed by atoms with van der Waals surface area (Å²) >= 11 is 7.48. The van der Waals surface area contributed by atoms with Gasteiger partial charge in [0.05, 0.1) is 6.10 Å². The second-order valence-corrected chi connectivity index (χ2v) is 6.19. The lowest BCUT2D eigenvalue weighted by atomic mass is 10.2. The van der Waals surface area contributed by atoms with Gasteiger partial charge < -0.3 is 9.67 Å². The van der Waals surface area contributed by atoms with Crippen LogP contribution in [0, 0.1) is 0 Å². The van der Waals surface area contributed by atoms with Crippen LogP contribution in [-0.2, 0) is 13.0 Å². The zero-order valence-corrected chi connectivity index (χ0v) is 13.1. The fraction of sp³-hybridized carbons (Fsp3) is 0.400. The SMILES string of the molecule is CCCn1ccnc1CC(O)CSc1ccc(Cl)cc1. The molecular weight excluding hydrogens is 292 g/mol. The molecule has 0 saturated heterocycles. The molecule has 5 heteroatoms. The van der Waals surface area contributed by atoms with E-state index < -0.39 is 6.10 Å². The summed E-state index contributed by atoms with van der Waals surface area (Å²) in [6.07, 6.45) is 5.03. The molecule has 1 atom stereocenters. The molecule has 1 N–H and O–H groups in total. The molecule has 3 nitrogen and oxygen atoms in total. The molecule has 1 aromatic carbocycles. The maximum atomic E-state index is 10.1. The van der Waals surface area contributed by atoms with Crippen molar-refractivity contribution in [2.24, 2.45) is 0 Å². The number of aryl methyl sites for hydroxylation is 1. The van der Waals surface area contributed by atoms with Crippen LogP contribution in [0.4, 0.5) is 0 Å². The average Bonchev–Trinajstić information content (AvgIpc) is 2.86. The number of rotatable bonds is 7. The van der Waals surface area contributed by atoms with E-state index in [2.05, 4.69) is 16.5 Å². The van der Waals surface area contributed by atoms with Gasteiger partial charge in [0.1, 0.15) is 5.82 Å². The normalized spacial score (nSPS) is 12.6. The zero-order chi connectivity index (χ0) is 14.4. The number of aromatic nitrogens is 2. The van der Waals surface area contributed by atoms with Crippen molar-refractivity contribution in [1.82, 2.24) is 9.55 Å². The van der Waals surface area contributed by atoms with Gasteiger partial charge in [0.15, 0.2) is 0 Å². The van der Waals surface area contributed by atoms with Crippen molar-refractivity contribution in [3.05, 3.63) is 47.5 Å². The topological polar surface area (TPSA) is 38.0 Å². The summed E-state index contributed by atoms with van der Waals surface area (Å²) in [5, 5.41) is 10.9. The maximum absolute atomic E-state index is 10.1. The molecule has 2 rings (SSSR count). The Bertz CT molecular complexity index is 527. The van der Waals surface area contributed by atoms with Crippen molar-refractivity contribution >= 4 is 23.4 Å². The number of hydrogen-bond donors (Lipinski definition) is 1. The summed E-state index contributed by atoms with van der Waals surface area (Å²) in [5.41, 5.74) is 0. The van der Waals surface area contributed by atoms with Crippen LogP contribution in [0.1, 0.15) is 19.2 Å². The first-order valence-electron chi connectivity index (χ1n) is 6.75. The second kappa shape index (κ2) is 7.72. The first kappa shape index (κ1) is 15.4. The van der Waals surface area contributed by atoms with Gasteiger partial charge in [0.2, 0.25) is 0 Å². The van der Waals surface area contributed by atoms with Crippen molar-refractivity contribution in [2.45, 2.75) is 37.3 Å². The number of hydrogen-bond acceptors (Lipinski definition) is 3. The fourth-order valence-corrected chi connectivity index (χ4v) is 2.92. The summed E-state index contributed by atoms with van der Waals surface area (Å²) in [6, 6.07) is 7.67. The van der Waals surface area contributed by atoms with Gasteiger partial charge in [0, 0.05) is 41.0 Å². The van der Waals surface area contributed by atoms with E-state index in [1.807, 2.05) is 30.5 Å². The Labute approximate surface area is 129 Å². The van der Waals surface area contributed by atoms with Crippen LogP contribution in [0.15, 0.2) is 41.6 Å². The molecule has 1 aromatic heterocycles. The van der Waals surface area contributed by atoms with E-state index in [0.29, 0.717) is 12.2 Å². The Kier molecular flexibility index (Phi) is 5.95. The van der Waals surface area contributed by atoms with Crippen molar-refractivity contribution in [3.63, 3.8) is 0 Å². The molecule has 0 fully saturated rings. The van der Waals surface area contributed by atoms with E-state index in [1.54, 1.807) is 18.0 Å². The lowest BCUT2D eigenvalue weighted by molar-refractivity contribution is 0.196. The van der Waals surface area contributed by atoms with Gasteiger partial charge in [0.25, 0.3) is 0 Å². The summed E-state index contributed by atoms with van der Waals surface area (Å²) in [6.45, 7) is 3.09. The third-order valence-corrected chi connectivity index (χ3v) is 4.35. The number of thioether (sulfide) groups is 1. The Hall–Kier alpha value is -0.970. The summed E-state index contributed by atoms with van der Waals surface area (Å²) in [4.78, 5) is 5.43. The summed E-state index contributed by atoms with van der Waals surface area (Å²) in [5.74, 6) is 1.61. The van der Waals surface area contributed by atoms with Gasteiger partial charge in [-0.05, 0) is 30.7 Å². The van der Waals surface area contributed by atoms with Crippen molar-refractivity contribution in [3.8, 4) is 0 Å². The molecule has 0 radical (unpaired) electrons. The minimum Gasteiger partial charge on any atom is -0.392 e. The number of aliphatic hydroxyl groups is 1. The molecule has 0 aliphatic heterocycles. The molecule has 0 spiro atoms. The molecule has 0 aliphatic rings. The highest BCUT2D eigenvalue weighted by atomic mass is 35.5. The lowest BCUT2D eigenvalue weighted by Crippen LogP contribution is -2.17. The average molecular weight is 311 g/mol. The predicted octanol–water partition coefficient (Wildman–Crippen LogP) is 3.64. The molecule has 0 saturated carbocycles. The molecular formula is C15H19ClN2OS. The maximum Gasteiger partial charge on any atom is 0.111 e. The van der Waals surface area contributed by atoms with Gasteiger partial charge in [-0.3, -0.25) is 0 Å². The quantitative estimate of drug-likeness (QED) is 0.793. The van der Waals surface area contributed by atoms with Gasteiger partial charge in [-0.1, -0.05) is 18.5 Å². The van der Waals surface area contributed by atoms with Gasteiger partial charge in [-0.2, -0.15) is 0 Å². The highest BCUT2D eigenvalue weighted by Crippen LogP contribution is 2.21. The van der Waals surface area contributed by atoms with Crippen LogP contribution in [-0.4, -0.2) is 26.5 Å². The second-order valence-electron chi connectivity index (χ2n) is 4.66. The van der Waals surface area contributed by atoms with Crippen LogP contribution >= 0.6 is 23.4 Å². The van der Waals surface area contributed by atoms with Crippen molar-refractivity contribution in [2.75, 3.05) is 5.75 Å². The van der Waals surface area contributed by atoms with Crippen LogP contribution in [0.3, 0.4) is 0 Å². The molecule has 20 heavy (non-hydrogen) atoms. The number of imidazole rings is 1. The molecule has 0 amide bonds. The van der Waals surface area contributed by atoms with E-state index >= 15 is 0 Å². The molecule has 1 unspecified atom stereocenters. The van der Waals surface area contributed by atoms with E-state index in [9.17, 15) is 5.11 Å². The highest BCUT2D eigenvalue weighted by Gasteiger charge is 2.10. The molecule has 0 aliphatic carbocycles. The smallest absolute Gasteiger partial charge is 0.111 e. The van der Waals surface area contributed by atoms with E-state index in [0.717, 1.165) is 28.7 Å². The highest BCUT2D eigenvalue weighted by molar-refractivity contribution is 7.99. The van der Waals surface area contributed by atoms with Crippen LogP contribution < -0.4 is 0 Å². The van der Waals surface area contributed by atoms with E-state index in [4.69, 9.17) is 11.6 Å². The van der Waals surface area contributed by atoms with E-state index in [1.165, 1.54) is 0 Å². The zero-order valence-electron chi connectivity index (χ0n) is 11.5. The molecule has 1 heterocycles. The lowest BCUT2D eigenvalue weighted by Gasteiger charge is -2.11. The first-order valence-corrected chi connectivity index (χ1v) is 8.12. The predicted molar refractivity (Wildman–Crippen MR) is 84.4 cm³/mol. The monoisotopic (exact) mass is 310 g/mol. The number of aliphatic hydroxyl groups excluding tert-OH is 1. The van der Waals surface area contributed by atoms with Crippen LogP contribution in [0.2, 0.25) is 5.02 Å². The summed E-state index contributed by atoms with van der Waals surface area (Å²) < 4.78 is 2.11. The van der Waals surface area contributed by atoms with E-state index in [-0.39, 0.29) is 0 Å². The first-order chi connectivity index (χ1) is 9.69. The van der Waals surface area contributed by atoms with Crippen molar-refractivity contribution in [1.29, 1.82) is 0 Å². The Balaban J connectivity index is 1.84. The molecule has 2 aromatic rings. The largest absolute Gasteiger partial charge is 0.392 e. The third-order valence-electron chi connectivity index (χ3n) is 2.94. The standard InChI is InChI=1S/C15H19ClN2OS/c1-2-8-18-9-7-17-15(18)10-13(19)11-20-14-5-3-12(16)4-6-14/h3-7,9,13,19H,2,8,10-11H2,1H3. The minimum atomic E-state index is -0.395. The van der Waals surface area contributed by atoms with Crippen LogP contribution in [0.5, 0.6) is 0 Å². The van der Waals surface area contributed by atoms with Gasteiger partial charge in [-0.25, -0.2) is 4.98 Å². The number of benzene rings is 1. The Morgan fingerprint density at radius 3 is 2.80 bits per heavy atom. The van der Waals surface area contributed by atoms with Gasteiger partial charge in [-0.15, -0.1) is 11.8 Å². The third kappa shape index (κ3) is 4.54. The molecule has 108 valence electrons. The van der Waals surface area contributed by atoms with Crippen molar-refractivity contribution < 1.29 is 5.11 Å². The Morgan fingerprint density at radius 1 is 1.35 bits per heavy atom. The fourth-order valence-electron chi connectivity index (χ4n) is 1.97. The summed E-state index contributed by atoms with van der Waals surface area (Å²) in [7, 11) is 0. The van der Waals surface area contributed by atoms with Crippen LogP contribution in [0.25, 0.3) is 0 Å². The Morgan fingerprint density at radius 2 is 2.10 bits per heavy atom. The number of nitrogens with zero attached hydrogens (tertiary/aromatic N) is 2.